The van der Waals surface area contributed by atoms with Gasteiger partial charge in [-0.25, -0.2) is 0 Å². The first-order valence-corrected chi connectivity index (χ1v) is 12.9. The van der Waals surface area contributed by atoms with E-state index in [2.05, 4.69) is 38.2 Å². The summed E-state index contributed by atoms with van der Waals surface area (Å²) in [5, 5.41) is 0. The summed E-state index contributed by atoms with van der Waals surface area (Å²) in [6.07, 6.45) is -1.78. The van der Waals surface area contributed by atoms with E-state index in [1.807, 2.05) is 0 Å². The summed E-state index contributed by atoms with van der Waals surface area (Å²) in [6.45, 7) is 5.83. The third-order valence-electron chi connectivity index (χ3n) is 6.31. The molecule has 3 aliphatic heterocycles. The maximum Gasteiger partial charge on any atom is 0.416 e. The van der Waals surface area contributed by atoms with Gasteiger partial charge in [0.15, 0.2) is 0 Å². The molecule has 4 rings (SSSR count). The topological polar surface area (TPSA) is 9.72 Å². The van der Waals surface area contributed by atoms with E-state index in [-0.39, 0.29) is 0 Å². The molecule has 0 bridgehead atoms. The van der Waals surface area contributed by atoms with Crippen molar-refractivity contribution in [2.75, 3.05) is 67.2 Å². The number of benzene rings is 1. The predicted molar refractivity (Wildman–Crippen MR) is 118 cm³/mol. The maximum atomic E-state index is 13.0. The van der Waals surface area contributed by atoms with Crippen LogP contribution in [0.2, 0.25) is 0 Å². The third-order valence-corrected chi connectivity index (χ3v) is 8.79. The zero-order valence-corrected chi connectivity index (χ0v) is 18.4. The van der Waals surface area contributed by atoms with Gasteiger partial charge >= 0.3 is 6.18 Å². The van der Waals surface area contributed by atoms with Crippen molar-refractivity contribution in [3.8, 4) is 0 Å². The smallest absolute Gasteiger partial charge is 0.369 e. The second-order valence-electron chi connectivity index (χ2n) is 8.17. The molecule has 29 heavy (non-hydrogen) atoms. The fourth-order valence-electron chi connectivity index (χ4n) is 4.65. The zero-order valence-electron chi connectivity index (χ0n) is 16.7. The molecule has 3 heterocycles. The zero-order chi connectivity index (χ0) is 20.3. The molecule has 0 saturated carbocycles. The quantitative estimate of drug-likeness (QED) is 0.690. The number of rotatable bonds is 3. The molecule has 162 valence electrons. The first-order chi connectivity index (χ1) is 14.0. The van der Waals surface area contributed by atoms with E-state index >= 15 is 0 Å². The van der Waals surface area contributed by atoms with Crippen LogP contribution in [-0.2, 0) is 6.18 Å². The number of nitrogens with zero attached hydrogens (tertiary/aromatic N) is 3. The van der Waals surface area contributed by atoms with Crippen LogP contribution < -0.4 is 4.90 Å². The fourth-order valence-corrected chi connectivity index (χ4v) is 7.28. The second-order valence-corrected chi connectivity index (χ2v) is 10.5. The Labute approximate surface area is 180 Å². The van der Waals surface area contributed by atoms with Crippen LogP contribution in [0.1, 0.15) is 18.4 Å². The number of anilines is 1. The molecule has 0 amide bonds. The van der Waals surface area contributed by atoms with Crippen molar-refractivity contribution in [2.24, 2.45) is 0 Å². The molecule has 1 atom stereocenters. The Balaban J connectivity index is 1.32. The summed E-state index contributed by atoms with van der Waals surface area (Å²) < 4.78 is 39.1. The predicted octanol–water partition coefficient (Wildman–Crippen LogP) is 4.14. The summed E-state index contributed by atoms with van der Waals surface area (Å²) in [7, 11) is 0. The minimum atomic E-state index is -4.28. The number of alkyl halides is 3. The molecule has 0 aliphatic carbocycles. The van der Waals surface area contributed by atoms with Crippen LogP contribution in [0.3, 0.4) is 0 Å². The van der Waals surface area contributed by atoms with Crippen LogP contribution in [0, 0.1) is 0 Å². The Bertz CT molecular complexity index is 657. The number of hydrogen-bond donors (Lipinski definition) is 0. The molecule has 0 spiro atoms. The van der Waals surface area contributed by atoms with Crippen molar-refractivity contribution in [2.45, 2.75) is 31.1 Å². The molecule has 1 aromatic carbocycles. The highest BCUT2D eigenvalue weighted by Gasteiger charge is 2.33. The van der Waals surface area contributed by atoms with Crippen molar-refractivity contribution >= 4 is 29.2 Å². The lowest BCUT2D eigenvalue weighted by atomic mass is 10.0. The Kier molecular flexibility index (Phi) is 7.25. The highest BCUT2D eigenvalue weighted by molar-refractivity contribution is 8.03. The summed E-state index contributed by atoms with van der Waals surface area (Å²) in [5.74, 6) is 5.05. The molecule has 0 N–H and O–H groups in total. The monoisotopic (exact) mass is 445 g/mol. The van der Waals surface area contributed by atoms with E-state index in [1.54, 1.807) is 6.07 Å². The van der Waals surface area contributed by atoms with Gasteiger partial charge in [0.1, 0.15) is 0 Å². The molecule has 8 heteroatoms. The molecule has 1 aromatic rings. The summed E-state index contributed by atoms with van der Waals surface area (Å²) in [4.78, 5) is 7.39. The SMILES string of the molecule is FC(F)(F)c1cccc(N2CCN([C@@H]3CCCN(C4CSCCSC4)C3)CC2)c1. The van der Waals surface area contributed by atoms with Crippen molar-refractivity contribution in [1.29, 1.82) is 0 Å². The van der Waals surface area contributed by atoms with E-state index in [9.17, 15) is 13.2 Å². The lowest BCUT2D eigenvalue weighted by Crippen LogP contribution is -2.57. The van der Waals surface area contributed by atoms with Gasteiger partial charge < -0.3 is 4.90 Å². The van der Waals surface area contributed by atoms with Gasteiger partial charge in [-0.1, -0.05) is 6.07 Å². The van der Waals surface area contributed by atoms with Gasteiger partial charge in [0.05, 0.1) is 5.56 Å². The number of thioether (sulfide) groups is 2. The van der Waals surface area contributed by atoms with Gasteiger partial charge in [0, 0.05) is 73.5 Å². The van der Waals surface area contributed by atoms with Gasteiger partial charge in [-0.3, -0.25) is 9.80 Å². The average molecular weight is 446 g/mol. The number of likely N-dealkylation sites (tertiary alicyclic amines) is 1. The van der Waals surface area contributed by atoms with Crippen LogP contribution in [0.4, 0.5) is 18.9 Å². The second kappa shape index (κ2) is 9.71. The fraction of sp³-hybridized carbons (Fsp3) is 0.714. The van der Waals surface area contributed by atoms with E-state index in [4.69, 9.17) is 0 Å². The highest BCUT2D eigenvalue weighted by Crippen LogP contribution is 2.32. The lowest BCUT2D eigenvalue weighted by molar-refractivity contribution is -0.137. The van der Waals surface area contributed by atoms with Crippen molar-refractivity contribution in [3.05, 3.63) is 29.8 Å². The van der Waals surface area contributed by atoms with Gasteiger partial charge in [0.2, 0.25) is 0 Å². The average Bonchev–Trinajstić information content (AvgIpc) is 3.03. The van der Waals surface area contributed by atoms with Crippen LogP contribution in [0.25, 0.3) is 0 Å². The summed E-state index contributed by atoms with van der Waals surface area (Å²) >= 11 is 4.18. The van der Waals surface area contributed by atoms with Crippen LogP contribution in [-0.4, -0.2) is 84.2 Å². The van der Waals surface area contributed by atoms with Crippen molar-refractivity contribution in [3.63, 3.8) is 0 Å². The van der Waals surface area contributed by atoms with Gasteiger partial charge in [-0.05, 0) is 37.6 Å². The Morgan fingerprint density at radius 1 is 0.862 bits per heavy atom. The molecule has 3 fully saturated rings. The first-order valence-electron chi connectivity index (χ1n) is 10.6. The van der Waals surface area contributed by atoms with Crippen LogP contribution in [0.15, 0.2) is 24.3 Å². The molecular weight excluding hydrogens is 415 g/mol. The first kappa shape index (κ1) is 21.7. The van der Waals surface area contributed by atoms with E-state index in [0.717, 1.165) is 38.8 Å². The maximum absolute atomic E-state index is 13.0. The van der Waals surface area contributed by atoms with E-state index in [1.165, 1.54) is 54.5 Å². The Morgan fingerprint density at radius 2 is 1.59 bits per heavy atom. The van der Waals surface area contributed by atoms with Gasteiger partial charge in [-0.2, -0.15) is 36.7 Å². The minimum absolute atomic E-state index is 0.556. The van der Waals surface area contributed by atoms with E-state index in [0.29, 0.717) is 17.8 Å². The number of piperidine rings is 1. The minimum Gasteiger partial charge on any atom is -0.369 e. The molecule has 3 aliphatic rings. The van der Waals surface area contributed by atoms with Crippen molar-refractivity contribution in [1.82, 2.24) is 9.80 Å². The lowest BCUT2D eigenvalue weighted by Gasteiger charge is -2.45. The molecule has 0 aromatic heterocycles. The third kappa shape index (κ3) is 5.57. The molecule has 0 radical (unpaired) electrons. The number of halogens is 3. The number of piperazine rings is 1. The Hall–Kier alpha value is -0.570. The van der Waals surface area contributed by atoms with Crippen LogP contribution in [0.5, 0.6) is 0 Å². The van der Waals surface area contributed by atoms with Crippen molar-refractivity contribution < 1.29 is 13.2 Å². The largest absolute Gasteiger partial charge is 0.416 e. The Morgan fingerprint density at radius 3 is 2.28 bits per heavy atom. The van der Waals surface area contributed by atoms with E-state index < -0.39 is 11.7 Å². The van der Waals surface area contributed by atoms with Crippen LogP contribution >= 0.6 is 23.5 Å². The highest BCUT2D eigenvalue weighted by atomic mass is 32.2. The molecule has 3 nitrogen and oxygen atoms in total. The summed E-state index contributed by atoms with van der Waals surface area (Å²) in [5.41, 5.74) is 0.136. The summed E-state index contributed by atoms with van der Waals surface area (Å²) in [6, 6.07) is 7.05. The molecule has 0 unspecified atom stereocenters. The van der Waals surface area contributed by atoms with Gasteiger partial charge in [-0.15, -0.1) is 0 Å². The molecular formula is C21H30F3N3S2. The standard InChI is InChI=1S/C21H30F3N3S2/c22-21(23,24)17-3-1-4-18(13-17)25-7-9-26(10-8-25)19-5-2-6-27(14-19)20-15-28-11-12-29-16-20/h1,3-4,13,19-20H,2,5-12,14-16H2/t19-/m1/s1. The van der Waals surface area contributed by atoms with Gasteiger partial charge in [0.25, 0.3) is 0 Å². The number of hydrogen-bond acceptors (Lipinski definition) is 5. The normalized spacial score (nSPS) is 26.4. The molecule has 3 saturated heterocycles.